The summed E-state index contributed by atoms with van der Waals surface area (Å²) in [7, 11) is 3.68. The molecule has 0 saturated carbocycles. The van der Waals surface area contributed by atoms with Crippen LogP contribution < -0.4 is 0 Å². The Hall–Kier alpha value is -1.46. The first-order valence-electron chi connectivity index (χ1n) is 6.58. The number of halogens is 1. The number of aromatic nitrogens is 2. The van der Waals surface area contributed by atoms with Crippen molar-refractivity contribution in [3.8, 4) is 0 Å². The molecule has 0 bridgehead atoms. The second-order valence-corrected chi connectivity index (χ2v) is 6.32. The van der Waals surface area contributed by atoms with Crippen LogP contribution in [-0.4, -0.2) is 33.4 Å². The Bertz CT molecular complexity index is 614. The van der Waals surface area contributed by atoms with E-state index in [4.69, 9.17) is 11.6 Å². The molecule has 0 aliphatic heterocycles. The van der Waals surface area contributed by atoms with E-state index >= 15 is 0 Å². The third kappa shape index (κ3) is 5.10. The zero-order chi connectivity index (χ0) is 15.2. The molecule has 0 spiro atoms. The van der Waals surface area contributed by atoms with E-state index < -0.39 is 0 Å². The summed E-state index contributed by atoms with van der Waals surface area (Å²) >= 11 is 7.53. The SMILES string of the molecule is CN(Cc1cnn(C)c1)C(=O)CSCc1cccc(Cl)c1. The van der Waals surface area contributed by atoms with Crippen LogP contribution in [0.2, 0.25) is 5.02 Å². The number of rotatable bonds is 6. The van der Waals surface area contributed by atoms with Gasteiger partial charge < -0.3 is 4.90 Å². The van der Waals surface area contributed by atoms with Crippen LogP contribution in [0.5, 0.6) is 0 Å². The van der Waals surface area contributed by atoms with E-state index in [2.05, 4.69) is 5.10 Å². The van der Waals surface area contributed by atoms with Gasteiger partial charge in [0.05, 0.1) is 11.9 Å². The Morgan fingerprint density at radius 1 is 1.43 bits per heavy atom. The van der Waals surface area contributed by atoms with Gasteiger partial charge in [0.15, 0.2) is 0 Å². The highest BCUT2D eigenvalue weighted by Crippen LogP contribution is 2.17. The number of carbonyl (C=O) groups excluding carboxylic acids is 1. The van der Waals surface area contributed by atoms with Crippen LogP contribution in [0.25, 0.3) is 0 Å². The van der Waals surface area contributed by atoms with Crippen molar-refractivity contribution in [2.24, 2.45) is 7.05 Å². The molecular formula is C15H18ClN3OS. The summed E-state index contributed by atoms with van der Waals surface area (Å²) in [6.45, 7) is 0.588. The van der Waals surface area contributed by atoms with Gasteiger partial charge in [-0.15, -0.1) is 11.8 Å². The first-order chi connectivity index (χ1) is 10.0. The molecule has 0 radical (unpaired) electrons. The number of carbonyl (C=O) groups is 1. The average Bonchev–Trinajstić information content (AvgIpc) is 2.84. The molecular weight excluding hydrogens is 306 g/mol. The highest BCUT2D eigenvalue weighted by molar-refractivity contribution is 7.99. The van der Waals surface area contributed by atoms with E-state index in [0.29, 0.717) is 12.3 Å². The van der Waals surface area contributed by atoms with Crippen LogP contribution in [-0.2, 0) is 24.1 Å². The van der Waals surface area contributed by atoms with E-state index in [1.54, 1.807) is 27.5 Å². The molecule has 4 nitrogen and oxygen atoms in total. The largest absolute Gasteiger partial charge is 0.341 e. The fourth-order valence-electron chi connectivity index (χ4n) is 1.91. The van der Waals surface area contributed by atoms with E-state index in [1.165, 1.54) is 0 Å². The van der Waals surface area contributed by atoms with Crippen LogP contribution in [0.15, 0.2) is 36.7 Å². The predicted molar refractivity (Wildman–Crippen MR) is 87.3 cm³/mol. The van der Waals surface area contributed by atoms with Gasteiger partial charge in [0.2, 0.25) is 5.91 Å². The van der Waals surface area contributed by atoms with Gasteiger partial charge in [-0.25, -0.2) is 0 Å². The average molecular weight is 324 g/mol. The number of aryl methyl sites for hydroxylation is 1. The van der Waals surface area contributed by atoms with Gasteiger partial charge in [-0.3, -0.25) is 9.48 Å². The van der Waals surface area contributed by atoms with Crippen LogP contribution >= 0.6 is 23.4 Å². The van der Waals surface area contributed by atoms with E-state index in [9.17, 15) is 4.79 Å². The van der Waals surface area contributed by atoms with Crippen molar-refractivity contribution in [1.82, 2.24) is 14.7 Å². The lowest BCUT2D eigenvalue weighted by Crippen LogP contribution is -2.27. The Morgan fingerprint density at radius 3 is 2.90 bits per heavy atom. The molecule has 6 heteroatoms. The van der Waals surface area contributed by atoms with Crippen molar-refractivity contribution in [3.63, 3.8) is 0 Å². The van der Waals surface area contributed by atoms with Crippen molar-refractivity contribution in [1.29, 1.82) is 0 Å². The van der Waals surface area contributed by atoms with Crippen LogP contribution in [0.3, 0.4) is 0 Å². The minimum Gasteiger partial charge on any atom is -0.341 e. The van der Waals surface area contributed by atoms with E-state index in [0.717, 1.165) is 21.9 Å². The summed E-state index contributed by atoms with van der Waals surface area (Å²) in [5, 5.41) is 4.83. The highest BCUT2D eigenvalue weighted by atomic mass is 35.5. The first kappa shape index (κ1) is 15.9. The first-order valence-corrected chi connectivity index (χ1v) is 8.11. The predicted octanol–water partition coefficient (Wildman–Crippen LogP) is 2.97. The van der Waals surface area contributed by atoms with Crippen LogP contribution in [0, 0.1) is 0 Å². The molecule has 1 amide bonds. The molecule has 1 aromatic carbocycles. The molecule has 0 aliphatic carbocycles. The molecule has 1 aromatic heterocycles. The van der Waals surface area contributed by atoms with Gasteiger partial charge in [-0.2, -0.15) is 5.10 Å². The maximum atomic E-state index is 12.1. The Balaban J connectivity index is 1.76. The van der Waals surface area contributed by atoms with Gasteiger partial charge in [-0.1, -0.05) is 23.7 Å². The summed E-state index contributed by atoms with van der Waals surface area (Å²) in [5.41, 5.74) is 2.17. The number of hydrogen-bond acceptors (Lipinski definition) is 3. The number of thioether (sulfide) groups is 1. The summed E-state index contributed by atoms with van der Waals surface area (Å²) in [6.07, 6.45) is 3.70. The molecule has 0 atom stereocenters. The molecule has 112 valence electrons. The van der Waals surface area contributed by atoms with Crippen molar-refractivity contribution in [2.75, 3.05) is 12.8 Å². The van der Waals surface area contributed by atoms with Gasteiger partial charge >= 0.3 is 0 Å². The second kappa shape index (κ2) is 7.52. The van der Waals surface area contributed by atoms with Gasteiger partial charge in [0.25, 0.3) is 0 Å². The van der Waals surface area contributed by atoms with E-state index in [1.807, 2.05) is 44.6 Å². The molecule has 0 N–H and O–H groups in total. The van der Waals surface area contributed by atoms with Crippen molar-refractivity contribution in [3.05, 3.63) is 52.8 Å². The van der Waals surface area contributed by atoms with Gasteiger partial charge in [-0.05, 0) is 17.7 Å². The topological polar surface area (TPSA) is 38.1 Å². The fraction of sp³-hybridized carbons (Fsp3) is 0.333. The summed E-state index contributed by atoms with van der Waals surface area (Å²) in [5.74, 6) is 1.36. The highest BCUT2D eigenvalue weighted by Gasteiger charge is 2.10. The third-order valence-corrected chi connectivity index (χ3v) is 4.21. The standard InChI is InChI=1S/C15H18ClN3OS/c1-18(8-13-7-17-19(2)9-13)15(20)11-21-10-12-4-3-5-14(16)6-12/h3-7,9H,8,10-11H2,1-2H3. The molecule has 21 heavy (non-hydrogen) atoms. The lowest BCUT2D eigenvalue weighted by atomic mass is 10.2. The maximum absolute atomic E-state index is 12.1. The normalized spacial score (nSPS) is 10.6. The van der Waals surface area contributed by atoms with Crippen LogP contribution in [0.4, 0.5) is 0 Å². The molecule has 0 unspecified atom stereocenters. The Labute approximate surface area is 134 Å². The van der Waals surface area contributed by atoms with Crippen molar-refractivity contribution >= 4 is 29.3 Å². The van der Waals surface area contributed by atoms with Crippen molar-refractivity contribution < 1.29 is 4.79 Å². The molecule has 0 fully saturated rings. The summed E-state index contributed by atoms with van der Waals surface area (Å²) in [6, 6.07) is 7.72. The van der Waals surface area contributed by atoms with Gasteiger partial charge in [0, 0.05) is 43.2 Å². The lowest BCUT2D eigenvalue weighted by molar-refractivity contribution is -0.127. The molecule has 2 rings (SSSR count). The summed E-state index contributed by atoms with van der Waals surface area (Å²) < 4.78 is 1.74. The zero-order valence-corrected chi connectivity index (χ0v) is 13.7. The Kier molecular flexibility index (Phi) is 5.70. The number of amides is 1. The molecule has 0 aliphatic rings. The zero-order valence-electron chi connectivity index (χ0n) is 12.1. The van der Waals surface area contributed by atoms with Crippen LogP contribution in [0.1, 0.15) is 11.1 Å². The second-order valence-electron chi connectivity index (χ2n) is 4.89. The summed E-state index contributed by atoms with van der Waals surface area (Å²) in [4.78, 5) is 13.8. The maximum Gasteiger partial charge on any atom is 0.232 e. The number of benzene rings is 1. The minimum atomic E-state index is 0.117. The van der Waals surface area contributed by atoms with Crippen molar-refractivity contribution in [2.45, 2.75) is 12.3 Å². The lowest BCUT2D eigenvalue weighted by Gasteiger charge is -2.15. The quantitative estimate of drug-likeness (QED) is 0.820. The smallest absolute Gasteiger partial charge is 0.232 e. The third-order valence-electron chi connectivity index (χ3n) is 2.99. The number of nitrogens with zero attached hydrogens (tertiary/aromatic N) is 3. The van der Waals surface area contributed by atoms with Gasteiger partial charge in [0.1, 0.15) is 0 Å². The number of hydrogen-bond donors (Lipinski definition) is 0. The Morgan fingerprint density at radius 2 is 2.24 bits per heavy atom. The monoisotopic (exact) mass is 323 g/mol. The molecule has 1 heterocycles. The van der Waals surface area contributed by atoms with E-state index in [-0.39, 0.29) is 5.91 Å². The minimum absolute atomic E-state index is 0.117. The fourth-order valence-corrected chi connectivity index (χ4v) is 3.03. The molecule has 2 aromatic rings. The molecule has 0 saturated heterocycles.